The maximum absolute atomic E-state index is 8.69. The summed E-state index contributed by atoms with van der Waals surface area (Å²) in [4.78, 5) is 8.38. The van der Waals surface area contributed by atoms with E-state index in [4.69, 9.17) is 27.3 Å². The van der Waals surface area contributed by atoms with E-state index in [1.165, 1.54) is 0 Å². The van der Waals surface area contributed by atoms with Gasteiger partial charge >= 0.3 is 0 Å². The summed E-state index contributed by atoms with van der Waals surface area (Å²) in [6.07, 6.45) is 7.65. The second-order valence-electron chi connectivity index (χ2n) is 5.75. The maximum Gasteiger partial charge on any atom is 0.142 e. The number of rotatable bonds is 7. The highest BCUT2D eigenvalue weighted by atomic mass is 35.5. The van der Waals surface area contributed by atoms with Crippen LogP contribution >= 0.6 is 11.6 Å². The van der Waals surface area contributed by atoms with Crippen molar-refractivity contribution in [3.63, 3.8) is 0 Å². The van der Waals surface area contributed by atoms with Gasteiger partial charge in [0, 0.05) is 30.9 Å². The van der Waals surface area contributed by atoms with Crippen molar-refractivity contribution in [3.8, 4) is 6.07 Å². The van der Waals surface area contributed by atoms with E-state index in [2.05, 4.69) is 9.97 Å². The highest BCUT2D eigenvalue weighted by Crippen LogP contribution is 2.25. The third kappa shape index (κ3) is 5.41. The van der Waals surface area contributed by atoms with Crippen molar-refractivity contribution < 1.29 is 4.74 Å². The van der Waals surface area contributed by atoms with Crippen LogP contribution in [-0.2, 0) is 17.6 Å². The average molecular weight is 369 g/mol. The Morgan fingerprint density at radius 2 is 2.12 bits per heavy atom. The Morgan fingerprint density at radius 1 is 1.38 bits per heavy atom. The highest BCUT2D eigenvalue weighted by Gasteiger charge is 2.12. The summed E-state index contributed by atoms with van der Waals surface area (Å²) in [6, 6.07) is 9.66. The van der Waals surface area contributed by atoms with Gasteiger partial charge in [0.25, 0.3) is 0 Å². The zero-order valence-corrected chi connectivity index (χ0v) is 15.6. The molecule has 26 heavy (non-hydrogen) atoms. The van der Waals surface area contributed by atoms with E-state index < -0.39 is 0 Å². The molecule has 0 saturated heterocycles. The number of nitrogens with zero attached hydrogens (tertiary/aromatic N) is 3. The first-order valence-electron chi connectivity index (χ1n) is 8.15. The molecule has 1 unspecified atom stereocenters. The predicted molar refractivity (Wildman–Crippen MR) is 103 cm³/mol. The minimum absolute atomic E-state index is 0.127. The van der Waals surface area contributed by atoms with Crippen LogP contribution in [0.1, 0.15) is 23.9 Å². The molecule has 6 heteroatoms. The lowest BCUT2D eigenvalue weighted by molar-refractivity contribution is 0.163. The zero-order valence-electron chi connectivity index (χ0n) is 14.8. The van der Waals surface area contributed by atoms with Crippen LogP contribution in [0.4, 0.5) is 0 Å². The standard InChI is InChI=1S/C20H21ClN4O/c1-14(26-2)19(17-4-3-5-18(21)10-17)9-15(11-23)8-16-12-24-20(6-7-22)25-13-16/h3-5,9-14H,6,8,23H2,1-2H3/b15-11-,19-9+. The van der Waals surface area contributed by atoms with Crippen LogP contribution in [0.2, 0.25) is 5.02 Å². The lowest BCUT2D eigenvalue weighted by Crippen LogP contribution is -2.09. The minimum Gasteiger partial charge on any atom is -0.404 e. The van der Waals surface area contributed by atoms with Gasteiger partial charge in [0.15, 0.2) is 0 Å². The van der Waals surface area contributed by atoms with Crippen molar-refractivity contribution in [3.05, 3.63) is 76.5 Å². The third-order valence-corrected chi connectivity index (χ3v) is 4.14. The van der Waals surface area contributed by atoms with E-state index in [-0.39, 0.29) is 12.5 Å². The van der Waals surface area contributed by atoms with Crippen LogP contribution in [0.25, 0.3) is 5.57 Å². The van der Waals surface area contributed by atoms with Crippen LogP contribution in [0.5, 0.6) is 0 Å². The number of allylic oxidation sites excluding steroid dienone is 2. The van der Waals surface area contributed by atoms with Gasteiger partial charge in [0.05, 0.1) is 18.6 Å². The summed E-state index contributed by atoms with van der Waals surface area (Å²) in [5.74, 6) is 0.512. The van der Waals surface area contributed by atoms with Gasteiger partial charge < -0.3 is 10.5 Å². The molecule has 0 radical (unpaired) electrons. The largest absolute Gasteiger partial charge is 0.404 e. The lowest BCUT2D eigenvalue weighted by Gasteiger charge is -2.16. The summed E-state index contributed by atoms with van der Waals surface area (Å²) in [6.45, 7) is 1.97. The normalized spacial score (nSPS) is 13.3. The molecule has 1 atom stereocenters. The molecule has 0 amide bonds. The fourth-order valence-electron chi connectivity index (χ4n) is 2.46. The molecule has 0 fully saturated rings. The van der Waals surface area contributed by atoms with Crippen molar-refractivity contribution in [1.82, 2.24) is 9.97 Å². The average Bonchev–Trinajstić information content (AvgIpc) is 2.66. The van der Waals surface area contributed by atoms with Gasteiger partial charge in [-0.05, 0) is 47.5 Å². The summed E-state index contributed by atoms with van der Waals surface area (Å²) in [5, 5.41) is 9.35. The number of ether oxygens (including phenoxy) is 1. The molecule has 5 nitrogen and oxygen atoms in total. The molecule has 0 spiro atoms. The number of hydrogen-bond donors (Lipinski definition) is 1. The Balaban J connectivity index is 2.29. The molecule has 2 rings (SSSR count). The maximum atomic E-state index is 8.69. The zero-order chi connectivity index (χ0) is 18.9. The summed E-state index contributed by atoms with van der Waals surface area (Å²) >= 11 is 6.13. The number of hydrogen-bond acceptors (Lipinski definition) is 5. The van der Waals surface area contributed by atoms with Crippen molar-refractivity contribution in [1.29, 1.82) is 5.26 Å². The predicted octanol–water partition coefficient (Wildman–Crippen LogP) is 3.70. The van der Waals surface area contributed by atoms with Gasteiger partial charge in [-0.3, -0.25) is 0 Å². The van der Waals surface area contributed by atoms with Crippen LogP contribution < -0.4 is 5.73 Å². The first kappa shape index (κ1) is 19.6. The Morgan fingerprint density at radius 3 is 2.69 bits per heavy atom. The number of halogens is 1. The van der Waals surface area contributed by atoms with E-state index in [1.54, 1.807) is 25.7 Å². The van der Waals surface area contributed by atoms with Crippen molar-refractivity contribution in [2.24, 2.45) is 5.73 Å². The monoisotopic (exact) mass is 368 g/mol. The molecule has 1 heterocycles. The van der Waals surface area contributed by atoms with E-state index >= 15 is 0 Å². The van der Waals surface area contributed by atoms with Gasteiger partial charge in [-0.1, -0.05) is 29.8 Å². The molecular weight excluding hydrogens is 348 g/mol. The summed E-state index contributed by atoms with van der Waals surface area (Å²) < 4.78 is 5.51. The van der Waals surface area contributed by atoms with Gasteiger partial charge in [0.1, 0.15) is 5.82 Å². The molecule has 1 aromatic carbocycles. The van der Waals surface area contributed by atoms with Crippen LogP contribution in [-0.4, -0.2) is 23.2 Å². The molecule has 0 aliphatic carbocycles. The van der Waals surface area contributed by atoms with E-state index in [0.717, 1.165) is 22.3 Å². The second-order valence-corrected chi connectivity index (χ2v) is 6.19. The van der Waals surface area contributed by atoms with E-state index in [1.807, 2.05) is 43.3 Å². The van der Waals surface area contributed by atoms with Crippen LogP contribution in [0.3, 0.4) is 0 Å². The molecule has 134 valence electrons. The fourth-order valence-corrected chi connectivity index (χ4v) is 2.65. The number of methoxy groups -OCH3 is 1. The fraction of sp³-hybridized carbons (Fsp3) is 0.250. The summed E-state index contributed by atoms with van der Waals surface area (Å²) in [5.41, 5.74) is 9.61. The summed E-state index contributed by atoms with van der Waals surface area (Å²) in [7, 11) is 1.66. The number of nitriles is 1. The van der Waals surface area contributed by atoms with Gasteiger partial charge in [0.2, 0.25) is 0 Å². The van der Waals surface area contributed by atoms with Crippen LogP contribution in [0, 0.1) is 11.3 Å². The molecular formula is C20H21ClN4O. The Hall–Kier alpha value is -2.68. The SMILES string of the molecule is COC(C)/C(=C\C(=C/N)Cc1cnc(CC#N)nc1)c1cccc(Cl)c1. The smallest absolute Gasteiger partial charge is 0.142 e. The molecule has 0 aliphatic heterocycles. The molecule has 2 aromatic rings. The molecule has 2 N–H and O–H groups in total. The van der Waals surface area contributed by atoms with Gasteiger partial charge in [-0.15, -0.1) is 0 Å². The quantitative estimate of drug-likeness (QED) is 0.753. The topological polar surface area (TPSA) is 84.8 Å². The van der Waals surface area contributed by atoms with Crippen molar-refractivity contribution in [2.45, 2.75) is 25.9 Å². The Bertz CT molecular complexity index is 838. The van der Waals surface area contributed by atoms with Crippen molar-refractivity contribution >= 4 is 17.2 Å². The van der Waals surface area contributed by atoms with E-state index in [9.17, 15) is 0 Å². The van der Waals surface area contributed by atoms with Crippen molar-refractivity contribution in [2.75, 3.05) is 7.11 Å². The second kappa shape index (κ2) is 9.71. The van der Waals surface area contributed by atoms with Crippen LogP contribution in [0.15, 0.2) is 54.5 Å². The first-order chi connectivity index (χ1) is 12.6. The number of benzene rings is 1. The number of nitrogens with two attached hydrogens (primary N) is 1. The Kier molecular flexibility index (Phi) is 7.34. The highest BCUT2D eigenvalue weighted by molar-refractivity contribution is 6.30. The molecule has 0 aliphatic rings. The molecule has 1 aromatic heterocycles. The molecule has 0 saturated carbocycles. The first-order valence-corrected chi connectivity index (χ1v) is 8.53. The van der Waals surface area contributed by atoms with Gasteiger partial charge in [-0.2, -0.15) is 5.26 Å². The van der Waals surface area contributed by atoms with E-state index in [0.29, 0.717) is 17.3 Å². The number of aromatic nitrogens is 2. The van der Waals surface area contributed by atoms with Gasteiger partial charge in [-0.25, -0.2) is 9.97 Å². The third-order valence-electron chi connectivity index (χ3n) is 3.91. The minimum atomic E-state index is -0.127. The molecule has 0 bridgehead atoms. The Labute approximate surface area is 158 Å². The lowest BCUT2D eigenvalue weighted by atomic mass is 9.97.